The van der Waals surface area contributed by atoms with Crippen LogP contribution in [0.3, 0.4) is 0 Å². The molecule has 7 nitrogen and oxygen atoms in total. The van der Waals surface area contributed by atoms with E-state index in [4.69, 9.17) is 0 Å². The van der Waals surface area contributed by atoms with Crippen molar-refractivity contribution in [1.29, 1.82) is 0 Å². The molecule has 160 valence electrons. The molecule has 1 heterocycles. The van der Waals surface area contributed by atoms with Gasteiger partial charge in [-0.15, -0.1) is 0 Å². The number of sulfonamides is 1. The Hall–Kier alpha value is -2.87. The van der Waals surface area contributed by atoms with Gasteiger partial charge in [0.1, 0.15) is 0 Å². The summed E-state index contributed by atoms with van der Waals surface area (Å²) in [5.41, 5.74) is 2.98. The summed E-state index contributed by atoms with van der Waals surface area (Å²) in [5.74, 6) is -0.407. The Morgan fingerprint density at radius 3 is 2.57 bits per heavy atom. The Morgan fingerprint density at radius 1 is 1.13 bits per heavy atom. The van der Waals surface area contributed by atoms with E-state index in [1.54, 1.807) is 23.1 Å². The van der Waals surface area contributed by atoms with E-state index in [0.29, 0.717) is 30.9 Å². The van der Waals surface area contributed by atoms with E-state index < -0.39 is 10.0 Å². The number of hydrogen-bond donors (Lipinski definition) is 2. The number of amides is 2. The fourth-order valence-electron chi connectivity index (χ4n) is 3.55. The number of carbonyl (C=O) groups excluding carboxylic acids is 2. The molecule has 1 aliphatic rings. The van der Waals surface area contributed by atoms with Gasteiger partial charge in [-0.3, -0.25) is 14.3 Å². The van der Waals surface area contributed by atoms with E-state index in [-0.39, 0.29) is 17.7 Å². The number of nitrogens with one attached hydrogen (secondary N) is 2. The number of carbonyl (C=O) groups is 2. The molecule has 2 aromatic rings. The second-order valence-corrected chi connectivity index (χ2v) is 9.50. The summed E-state index contributed by atoms with van der Waals surface area (Å²) in [6.07, 6.45) is 2.61. The van der Waals surface area contributed by atoms with Crippen molar-refractivity contribution in [3.05, 3.63) is 65.2 Å². The molecule has 8 heteroatoms. The van der Waals surface area contributed by atoms with Crippen LogP contribution in [0, 0.1) is 12.8 Å². The molecule has 1 atom stereocenters. The van der Waals surface area contributed by atoms with Gasteiger partial charge in [-0.2, -0.15) is 0 Å². The minimum atomic E-state index is -3.36. The topological polar surface area (TPSA) is 95.6 Å². The summed E-state index contributed by atoms with van der Waals surface area (Å²) in [7, 11) is -3.36. The Kier molecular flexibility index (Phi) is 6.77. The van der Waals surface area contributed by atoms with Crippen molar-refractivity contribution in [2.24, 2.45) is 5.92 Å². The highest BCUT2D eigenvalue weighted by molar-refractivity contribution is 7.92. The van der Waals surface area contributed by atoms with E-state index in [1.165, 1.54) is 0 Å². The molecular weight excluding hydrogens is 402 g/mol. The lowest BCUT2D eigenvalue weighted by atomic mass is 9.96. The Bertz CT molecular complexity index is 1020. The second kappa shape index (κ2) is 9.30. The maximum Gasteiger partial charge on any atom is 0.253 e. The van der Waals surface area contributed by atoms with Gasteiger partial charge >= 0.3 is 0 Å². The molecule has 0 aliphatic carbocycles. The monoisotopic (exact) mass is 429 g/mol. The van der Waals surface area contributed by atoms with Crippen LogP contribution < -0.4 is 10.0 Å². The summed E-state index contributed by atoms with van der Waals surface area (Å²) in [5, 5.41) is 2.91. The van der Waals surface area contributed by atoms with Gasteiger partial charge in [-0.05, 0) is 49.6 Å². The van der Waals surface area contributed by atoms with Crippen molar-refractivity contribution >= 4 is 27.5 Å². The summed E-state index contributed by atoms with van der Waals surface area (Å²) in [4.78, 5) is 27.2. The van der Waals surface area contributed by atoms with Gasteiger partial charge in [0.25, 0.3) is 5.91 Å². The maximum absolute atomic E-state index is 12.7. The molecule has 2 N–H and O–H groups in total. The molecule has 0 aromatic heterocycles. The molecule has 1 unspecified atom stereocenters. The summed E-state index contributed by atoms with van der Waals surface area (Å²) < 4.78 is 25.2. The third kappa shape index (κ3) is 6.06. The van der Waals surface area contributed by atoms with Crippen molar-refractivity contribution in [1.82, 2.24) is 10.2 Å². The van der Waals surface area contributed by atoms with Crippen LogP contribution in [0.5, 0.6) is 0 Å². The van der Waals surface area contributed by atoms with Gasteiger partial charge in [0, 0.05) is 30.9 Å². The highest BCUT2D eigenvalue weighted by atomic mass is 32.2. The van der Waals surface area contributed by atoms with E-state index >= 15 is 0 Å². The number of anilines is 1. The first-order chi connectivity index (χ1) is 14.2. The van der Waals surface area contributed by atoms with Crippen molar-refractivity contribution in [3.8, 4) is 0 Å². The summed E-state index contributed by atoms with van der Waals surface area (Å²) in [6.45, 7) is 3.31. The lowest BCUT2D eigenvalue weighted by Crippen LogP contribution is -2.45. The van der Waals surface area contributed by atoms with E-state index in [2.05, 4.69) is 10.0 Å². The number of likely N-dealkylation sites (tertiary alicyclic amines) is 1. The molecule has 0 saturated carbocycles. The second-order valence-electron chi connectivity index (χ2n) is 7.75. The molecule has 0 bridgehead atoms. The summed E-state index contributed by atoms with van der Waals surface area (Å²) >= 11 is 0. The zero-order valence-corrected chi connectivity index (χ0v) is 18.0. The Balaban J connectivity index is 1.57. The maximum atomic E-state index is 12.7. The van der Waals surface area contributed by atoms with Crippen molar-refractivity contribution < 1.29 is 18.0 Å². The van der Waals surface area contributed by atoms with Crippen LogP contribution in [0.15, 0.2) is 48.5 Å². The van der Waals surface area contributed by atoms with Gasteiger partial charge in [0.05, 0.1) is 12.2 Å². The number of benzene rings is 2. The molecule has 1 fully saturated rings. The molecule has 1 saturated heterocycles. The van der Waals surface area contributed by atoms with Crippen LogP contribution >= 0.6 is 0 Å². The fraction of sp³-hybridized carbons (Fsp3) is 0.364. The third-order valence-corrected chi connectivity index (χ3v) is 5.68. The van der Waals surface area contributed by atoms with Crippen molar-refractivity contribution in [3.63, 3.8) is 0 Å². The zero-order chi connectivity index (χ0) is 21.7. The average Bonchev–Trinajstić information content (AvgIpc) is 2.71. The van der Waals surface area contributed by atoms with Crippen molar-refractivity contribution in [2.45, 2.75) is 26.3 Å². The first-order valence-electron chi connectivity index (χ1n) is 9.92. The van der Waals surface area contributed by atoms with Gasteiger partial charge in [-0.25, -0.2) is 8.42 Å². The Morgan fingerprint density at radius 2 is 1.87 bits per heavy atom. The first kappa shape index (κ1) is 21.8. The van der Waals surface area contributed by atoms with Crippen LogP contribution in [0.4, 0.5) is 5.69 Å². The van der Waals surface area contributed by atoms with Gasteiger partial charge in [0.2, 0.25) is 15.9 Å². The van der Waals surface area contributed by atoms with Crippen molar-refractivity contribution in [2.75, 3.05) is 24.1 Å². The predicted molar refractivity (Wildman–Crippen MR) is 117 cm³/mol. The highest BCUT2D eigenvalue weighted by Crippen LogP contribution is 2.20. The van der Waals surface area contributed by atoms with Crippen LogP contribution in [0.25, 0.3) is 0 Å². The van der Waals surface area contributed by atoms with Crippen LogP contribution in [-0.2, 0) is 21.4 Å². The zero-order valence-electron chi connectivity index (χ0n) is 17.2. The molecule has 0 radical (unpaired) electrons. The van der Waals surface area contributed by atoms with Gasteiger partial charge in [-0.1, -0.05) is 29.8 Å². The van der Waals surface area contributed by atoms with Gasteiger partial charge < -0.3 is 10.2 Å². The normalized spacial score (nSPS) is 16.7. The third-order valence-electron chi connectivity index (χ3n) is 5.07. The standard InChI is InChI=1S/C22H27N3O4S/c1-16-8-10-18(11-9-16)22(27)25-12-4-6-19(15-25)21(26)23-14-17-5-3-7-20(13-17)24-30(2,28)29/h3,5,7-11,13,19,24H,4,6,12,14-15H2,1-2H3,(H,23,26). The predicted octanol–water partition coefficient (Wildman–Crippen LogP) is 2.54. The number of aryl methyl sites for hydroxylation is 1. The molecule has 2 amide bonds. The van der Waals surface area contributed by atoms with Crippen LogP contribution in [-0.4, -0.2) is 44.5 Å². The van der Waals surface area contributed by atoms with E-state index in [1.807, 2.05) is 37.3 Å². The van der Waals surface area contributed by atoms with Crippen LogP contribution in [0.1, 0.15) is 34.3 Å². The SMILES string of the molecule is Cc1ccc(C(=O)N2CCCC(C(=O)NCc3cccc(NS(C)(=O)=O)c3)C2)cc1. The van der Waals surface area contributed by atoms with E-state index in [0.717, 1.165) is 30.2 Å². The minimum absolute atomic E-state index is 0.0490. The average molecular weight is 430 g/mol. The lowest BCUT2D eigenvalue weighted by Gasteiger charge is -2.32. The summed E-state index contributed by atoms with van der Waals surface area (Å²) in [6, 6.07) is 14.4. The quantitative estimate of drug-likeness (QED) is 0.738. The number of rotatable bonds is 6. The lowest BCUT2D eigenvalue weighted by molar-refractivity contribution is -0.126. The molecule has 0 spiro atoms. The number of piperidine rings is 1. The smallest absolute Gasteiger partial charge is 0.253 e. The van der Waals surface area contributed by atoms with E-state index in [9.17, 15) is 18.0 Å². The number of nitrogens with zero attached hydrogens (tertiary/aromatic N) is 1. The Labute approximate surface area is 177 Å². The minimum Gasteiger partial charge on any atom is -0.352 e. The molecule has 3 rings (SSSR count). The fourth-order valence-corrected chi connectivity index (χ4v) is 4.10. The van der Waals surface area contributed by atoms with Gasteiger partial charge in [0.15, 0.2) is 0 Å². The largest absolute Gasteiger partial charge is 0.352 e. The van der Waals surface area contributed by atoms with Crippen LogP contribution in [0.2, 0.25) is 0 Å². The molecule has 1 aliphatic heterocycles. The molecule has 2 aromatic carbocycles. The first-order valence-corrected chi connectivity index (χ1v) is 11.8. The molecule has 30 heavy (non-hydrogen) atoms. The number of hydrogen-bond acceptors (Lipinski definition) is 4. The highest BCUT2D eigenvalue weighted by Gasteiger charge is 2.28. The molecular formula is C22H27N3O4S.